The molecule has 0 saturated heterocycles. The van der Waals surface area contributed by atoms with Crippen LogP contribution in [-0.4, -0.2) is 10.2 Å². The third-order valence-electron chi connectivity index (χ3n) is 3.66. The number of hydrogen-bond donors (Lipinski definition) is 2. The van der Waals surface area contributed by atoms with E-state index in [1.807, 2.05) is 19.9 Å². The lowest BCUT2D eigenvalue weighted by atomic mass is 10.0. The van der Waals surface area contributed by atoms with Gasteiger partial charge in [-0.25, -0.2) is 0 Å². The highest BCUT2D eigenvalue weighted by Crippen LogP contribution is 2.21. The molecule has 0 aliphatic rings. The van der Waals surface area contributed by atoms with E-state index in [1.54, 1.807) is 0 Å². The molecule has 0 fully saturated rings. The molecule has 0 unspecified atom stereocenters. The predicted octanol–water partition coefficient (Wildman–Crippen LogP) is 4.31. The first-order chi connectivity index (χ1) is 10.2. The van der Waals surface area contributed by atoms with E-state index in [0.29, 0.717) is 0 Å². The number of H-pyrrole nitrogens is 1. The van der Waals surface area contributed by atoms with Crippen molar-refractivity contribution in [3.8, 4) is 11.1 Å². The van der Waals surface area contributed by atoms with Crippen molar-refractivity contribution in [1.82, 2.24) is 10.2 Å². The van der Waals surface area contributed by atoms with Crippen molar-refractivity contribution in [2.24, 2.45) is 0 Å². The largest absolute Gasteiger partial charge is 0.378 e. The van der Waals surface area contributed by atoms with Crippen molar-refractivity contribution in [3.05, 3.63) is 71.5 Å². The number of nitrogens with one attached hydrogen (secondary N) is 2. The van der Waals surface area contributed by atoms with E-state index < -0.39 is 0 Å². The Labute approximate surface area is 125 Å². The van der Waals surface area contributed by atoms with Crippen LogP contribution in [0.4, 0.5) is 5.69 Å². The second kappa shape index (κ2) is 5.83. The molecule has 0 bridgehead atoms. The molecule has 3 nitrogen and oxygen atoms in total. The summed E-state index contributed by atoms with van der Waals surface area (Å²) in [5, 5.41) is 10.6. The number of aryl methyl sites for hydroxylation is 2. The molecule has 3 rings (SSSR count). The zero-order valence-corrected chi connectivity index (χ0v) is 12.4. The van der Waals surface area contributed by atoms with Crippen molar-refractivity contribution in [3.63, 3.8) is 0 Å². The van der Waals surface area contributed by atoms with Gasteiger partial charge in [0.25, 0.3) is 0 Å². The monoisotopic (exact) mass is 277 g/mol. The topological polar surface area (TPSA) is 40.7 Å². The second-order valence-electron chi connectivity index (χ2n) is 5.23. The molecule has 3 heteroatoms. The van der Waals surface area contributed by atoms with Gasteiger partial charge in [-0.3, -0.25) is 5.10 Å². The quantitative estimate of drug-likeness (QED) is 0.746. The fraction of sp³-hybridized carbons (Fsp3) is 0.167. The smallest absolute Gasteiger partial charge is 0.0825 e. The molecule has 106 valence electrons. The third-order valence-corrected chi connectivity index (χ3v) is 3.66. The van der Waals surface area contributed by atoms with Crippen LogP contribution in [0.15, 0.2) is 54.6 Å². The molecule has 2 aromatic carbocycles. The molecule has 2 N–H and O–H groups in total. The van der Waals surface area contributed by atoms with Crippen molar-refractivity contribution in [2.45, 2.75) is 20.4 Å². The molecule has 0 aliphatic carbocycles. The standard InChI is InChI=1S/C18H19N3/c1-13-18(14(2)21-20-13)19-12-15-8-10-17(11-9-15)16-6-4-3-5-7-16/h3-11,19H,12H2,1-2H3,(H,20,21). The summed E-state index contributed by atoms with van der Waals surface area (Å²) < 4.78 is 0. The fourth-order valence-electron chi connectivity index (χ4n) is 2.45. The second-order valence-corrected chi connectivity index (χ2v) is 5.23. The van der Waals surface area contributed by atoms with Crippen LogP contribution in [0.5, 0.6) is 0 Å². The van der Waals surface area contributed by atoms with Crippen LogP contribution in [0.3, 0.4) is 0 Å². The van der Waals surface area contributed by atoms with Gasteiger partial charge in [0.1, 0.15) is 0 Å². The van der Waals surface area contributed by atoms with Crippen LogP contribution in [0.1, 0.15) is 17.0 Å². The molecule has 0 spiro atoms. The van der Waals surface area contributed by atoms with E-state index in [9.17, 15) is 0 Å². The van der Waals surface area contributed by atoms with Crippen molar-refractivity contribution < 1.29 is 0 Å². The molecule has 21 heavy (non-hydrogen) atoms. The summed E-state index contributed by atoms with van der Waals surface area (Å²) in [4.78, 5) is 0. The Bertz CT molecular complexity index is 692. The lowest BCUT2D eigenvalue weighted by Gasteiger charge is -2.08. The summed E-state index contributed by atoms with van der Waals surface area (Å²) in [5.41, 5.74) is 6.94. The SMILES string of the molecule is Cc1n[nH]c(C)c1NCc1ccc(-c2ccccc2)cc1. The van der Waals surface area contributed by atoms with E-state index in [4.69, 9.17) is 0 Å². The molecule has 0 aliphatic heterocycles. The average Bonchev–Trinajstić information content (AvgIpc) is 2.85. The van der Waals surface area contributed by atoms with Crippen LogP contribution < -0.4 is 5.32 Å². The Hall–Kier alpha value is -2.55. The molecule has 3 aromatic rings. The van der Waals surface area contributed by atoms with E-state index in [2.05, 4.69) is 64.0 Å². The number of rotatable bonds is 4. The molecule has 1 aromatic heterocycles. The zero-order valence-electron chi connectivity index (χ0n) is 12.4. The molecule has 0 saturated carbocycles. The minimum absolute atomic E-state index is 0.802. The Morgan fingerprint density at radius 1 is 0.905 bits per heavy atom. The Morgan fingerprint density at radius 2 is 1.57 bits per heavy atom. The minimum atomic E-state index is 0.802. The highest BCUT2D eigenvalue weighted by atomic mass is 15.1. The maximum Gasteiger partial charge on any atom is 0.0825 e. The van der Waals surface area contributed by atoms with E-state index in [0.717, 1.165) is 23.6 Å². The summed E-state index contributed by atoms with van der Waals surface area (Å²) in [6, 6.07) is 19.1. The lowest BCUT2D eigenvalue weighted by molar-refractivity contribution is 1.02. The summed E-state index contributed by atoms with van der Waals surface area (Å²) in [5.74, 6) is 0. The first-order valence-corrected chi connectivity index (χ1v) is 7.14. The minimum Gasteiger partial charge on any atom is -0.378 e. The maximum absolute atomic E-state index is 4.19. The summed E-state index contributed by atoms with van der Waals surface area (Å²) in [6.07, 6.45) is 0. The van der Waals surface area contributed by atoms with Gasteiger partial charge in [-0.05, 0) is 30.5 Å². The van der Waals surface area contributed by atoms with Crippen molar-refractivity contribution in [1.29, 1.82) is 0 Å². The molecule has 1 heterocycles. The van der Waals surface area contributed by atoms with Gasteiger partial charge in [0.15, 0.2) is 0 Å². The maximum atomic E-state index is 4.19. The van der Waals surface area contributed by atoms with Gasteiger partial charge < -0.3 is 5.32 Å². The number of anilines is 1. The average molecular weight is 277 g/mol. The van der Waals surface area contributed by atoms with Crippen molar-refractivity contribution >= 4 is 5.69 Å². The first-order valence-electron chi connectivity index (χ1n) is 7.14. The Balaban J connectivity index is 1.71. The van der Waals surface area contributed by atoms with Crippen LogP contribution >= 0.6 is 0 Å². The van der Waals surface area contributed by atoms with Gasteiger partial charge in [0.2, 0.25) is 0 Å². The van der Waals surface area contributed by atoms with Crippen LogP contribution in [0.2, 0.25) is 0 Å². The molecular formula is C18H19N3. The number of aromatic amines is 1. The Morgan fingerprint density at radius 3 is 2.19 bits per heavy atom. The first kappa shape index (κ1) is 13.4. The van der Waals surface area contributed by atoms with Crippen LogP contribution in [0.25, 0.3) is 11.1 Å². The van der Waals surface area contributed by atoms with E-state index in [1.165, 1.54) is 16.7 Å². The highest BCUT2D eigenvalue weighted by molar-refractivity contribution is 5.63. The third kappa shape index (κ3) is 2.97. The molecule has 0 amide bonds. The van der Waals surface area contributed by atoms with Gasteiger partial charge in [-0.1, -0.05) is 54.6 Å². The lowest BCUT2D eigenvalue weighted by Crippen LogP contribution is -2.01. The van der Waals surface area contributed by atoms with Gasteiger partial charge in [-0.15, -0.1) is 0 Å². The normalized spacial score (nSPS) is 10.6. The number of nitrogens with zero attached hydrogens (tertiary/aromatic N) is 1. The predicted molar refractivity (Wildman–Crippen MR) is 87.3 cm³/mol. The van der Waals surface area contributed by atoms with Crippen LogP contribution in [0, 0.1) is 13.8 Å². The summed E-state index contributed by atoms with van der Waals surface area (Å²) in [7, 11) is 0. The highest BCUT2D eigenvalue weighted by Gasteiger charge is 2.05. The molecular weight excluding hydrogens is 258 g/mol. The Kier molecular flexibility index (Phi) is 3.73. The zero-order chi connectivity index (χ0) is 14.7. The van der Waals surface area contributed by atoms with Gasteiger partial charge in [-0.2, -0.15) is 5.10 Å². The summed E-state index contributed by atoms with van der Waals surface area (Å²) >= 11 is 0. The number of hydrogen-bond acceptors (Lipinski definition) is 2. The van der Waals surface area contributed by atoms with Gasteiger partial charge in [0, 0.05) is 6.54 Å². The summed E-state index contributed by atoms with van der Waals surface area (Å²) in [6.45, 7) is 4.83. The van der Waals surface area contributed by atoms with E-state index in [-0.39, 0.29) is 0 Å². The number of benzene rings is 2. The van der Waals surface area contributed by atoms with Gasteiger partial charge >= 0.3 is 0 Å². The van der Waals surface area contributed by atoms with Crippen LogP contribution in [-0.2, 0) is 6.54 Å². The molecule has 0 atom stereocenters. The number of aromatic nitrogens is 2. The fourth-order valence-corrected chi connectivity index (χ4v) is 2.45. The molecule has 0 radical (unpaired) electrons. The van der Waals surface area contributed by atoms with Crippen molar-refractivity contribution in [2.75, 3.05) is 5.32 Å². The van der Waals surface area contributed by atoms with E-state index >= 15 is 0 Å². The van der Waals surface area contributed by atoms with Gasteiger partial charge in [0.05, 0.1) is 17.1 Å².